The standard InChI is InChI=1S/C31H30N2O4S/c1-20-16-21(2)18-25(17-20)33-31(35)29(22-8-6-5-7-9-22)38-26-13-11-24(12-14-26)32-30(34)23-10-15-27(36-3)28(19-23)37-4/h5-19,29H,1-4H3,(H,32,34)(H,33,35). The average molecular weight is 527 g/mol. The monoisotopic (exact) mass is 526 g/mol. The Hall–Kier alpha value is -4.23. The molecule has 0 heterocycles. The molecule has 4 rings (SSSR count). The van der Waals surface area contributed by atoms with Gasteiger partial charge in [-0.2, -0.15) is 0 Å². The van der Waals surface area contributed by atoms with Gasteiger partial charge in [0.2, 0.25) is 5.91 Å². The van der Waals surface area contributed by atoms with E-state index >= 15 is 0 Å². The Morgan fingerprint density at radius 2 is 1.37 bits per heavy atom. The van der Waals surface area contributed by atoms with Gasteiger partial charge in [-0.05, 0) is 85.1 Å². The van der Waals surface area contributed by atoms with Crippen LogP contribution in [-0.4, -0.2) is 26.0 Å². The Morgan fingerprint density at radius 3 is 2.00 bits per heavy atom. The zero-order valence-electron chi connectivity index (χ0n) is 21.8. The molecular weight excluding hydrogens is 496 g/mol. The summed E-state index contributed by atoms with van der Waals surface area (Å²) in [5.41, 5.74) is 4.97. The van der Waals surface area contributed by atoms with Crippen LogP contribution in [-0.2, 0) is 4.79 Å². The average Bonchev–Trinajstić information content (AvgIpc) is 2.92. The van der Waals surface area contributed by atoms with Gasteiger partial charge in [0.15, 0.2) is 11.5 Å². The molecule has 0 bridgehead atoms. The second-order valence-corrected chi connectivity index (χ2v) is 10.0. The predicted octanol–water partition coefficient (Wildman–Crippen LogP) is 7.05. The van der Waals surface area contributed by atoms with E-state index in [0.29, 0.717) is 22.7 Å². The SMILES string of the molecule is COc1ccc(C(=O)Nc2ccc(SC(C(=O)Nc3cc(C)cc(C)c3)c3ccccc3)cc2)cc1OC. The molecule has 0 spiro atoms. The fraction of sp³-hybridized carbons (Fsp3) is 0.161. The van der Waals surface area contributed by atoms with Crippen molar-refractivity contribution in [1.82, 2.24) is 0 Å². The first-order valence-electron chi connectivity index (χ1n) is 12.1. The number of methoxy groups -OCH3 is 2. The molecular formula is C31H30N2O4S. The van der Waals surface area contributed by atoms with Crippen LogP contribution >= 0.6 is 11.8 Å². The molecule has 0 saturated carbocycles. The summed E-state index contributed by atoms with van der Waals surface area (Å²) in [7, 11) is 3.08. The fourth-order valence-corrected chi connectivity index (χ4v) is 5.11. The van der Waals surface area contributed by atoms with Crippen molar-refractivity contribution in [1.29, 1.82) is 0 Å². The van der Waals surface area contributed by atoms with Crippen LogP contribution in [0.1, 0.15) is 32.3 Å². The number of amides is 2. The second kappa shape index (κ2) is 12.3. The summed E-state index contributed by atoms with van der Waals surface area (Å²) in [6, 6.07) is 28.2. The van der Waals surface area contributed by atoms with Crippen LogP contribution in [0.3, 0.4) is 0 Å². The van der Waals surface area contributed by atoms with Gasteiger partial charge in [-0.3, -0.25) is 9.59 Å². The van der Waals surface area contributed by atoms with E-state index in [0.717, 1.165) is 27.3 Å². The van der Waals surface area contributed by atoms with Gasteiger partial charge in [-0.25, -0.2) is 0 Å². The summed E-state index contributed by atoms with van der Waals surface area (Å²) in [5.74, 6) is 0.677. The number of aryl methyl sites for hydroxylation is 2. The van der Waals surface area contributed by atoms with E-state index < -0.39 is 5.25 Å². The fourth-order valence-electron chi connectivity index (χ4n) is 4.09. The van der Waals surface area contributed by atoms with Crippen LogP contribution in [0, 0.1) is 13.8 Å². The molecule has 1 unspecified atom stereocenters. The molecule has 2 amide bonds. The molecule has 0 aliphatic heterocycles. The van der Waals surface area contributed by atoms with Crippen molar-refractivity contribution in [3.8, 4) is 11.5 Å². The van der Waals surface area contributed by atoms with E-state index in [9.17, 15) is 9.59 Å². The van der Waals surface area contributed by atoms with Gasteiger partial charge in [-0.15, -0.1) is 11.8 Å². The number of rotatable bonds is 9. The van der Waals surface area contributed by atoms with Crippen molar-refractivity contribution in [3.05, 3.63) is 113 Å². The Labute approximate surface area is 227 Å². The minimum Gasteiger partial charge on any atom is -0.493 e. The summed E-state index contributed by atoms with van der Waals surface area (Å²) in [4.78, 5) is 27.1. The van der Waals surface area contributed by atoms with Gasteiger partial charge < -0.3 is 20.1 Å². The first-order valence-corrected chi connectivity index (χ1v) is 13.0. The molecule has 0 radical (unpaired) electrons. The van der Waals surface area contributed by atoms with Crippen LogP contribution < -0.4 is 20.1 Å². The van der Waals surface area contributed by atoms with Crippen LogP contribution in [0.5, 0.6) is 11.5 Å². The Balaban J connectivity index is 1.49. The van der Waals surface area contributed by atoms with E-state index in [1.54, 1.807) is 25.3 Å². The molecule has 4 aromatic carbocycles. The van der Waals surface area contributed by atoms with Crippen LogP contribution in [0.25, 0.3) is 0 Å². The Bertz CT molecular complexity index is 1400. The van der Waals surface area contributed by atoms with E-state index in [1.807, 2.05) is 80.6 Å². The van der Waals surface area contributed by atoms with Crippen LogP contribution in [0.2, 0.25) is 0 Å². The van der Waals surface area contributed by atoms with Gasteiger partial charge in [-0.1, -0.05) is 36.4 Å². The lowest BCUT2D eigenvalue weighted by Crippen LogP contribution is -2.19. The van der Waals surface area contributed by atoms with Gasteiger partial charge >= 0.3 is 0 Å². The number of ether oxygens (including phenoxy) is 2. The summed E-state index contributed by atoms with van der Waals surface area (Å²) < 4.78 is 10.5. The topological polar surface area (TPSA) is 76.7 Å². The maximum Gasteiger partial charge on any atom is 0.255 e. The van der Waals surface area contributed by atoms with E-state index in [-0.39, 0.29) is 11.8 Å². The highest BCUT2D eigenvalue weighted by atomic mass is 32.2. The third kappa shape index (κ3) is 6.75. The predicted molar refractivity (Wildman–Crippen MR) is 154 cm³/mol. The quantitative estimate of drug-likeness (QED) is 0.229. The molecule has 2 N–H and O–H groups in total. The second-order valence-electron chi connectivity index (χ2n) is 8.82. The van der Waals surface area contributed by atoms with E-state index in [1.165, 1.54) is 18.9 Å². The number of nitrogens with one attached hydrogen (secondary N) is 2. The molecule has 194 valence electrons. The number of hydrogen-bond acceptors (Lipinski definition) is 5. The minimum absolute atomic E-state index is 0.1000. The van der Waals surface area contributed by atoms with Crippen LogP contribution in [0.4, 0.5) is 11.4 Å². The highest BCUT2D eigenvalue weighted by Crippen LogP contribution is 2.37. The molecule has 0 saturated heterocycles. The number of thioether (sulfide) groups is 1. The van der Waals surface area contributed by atoms with Gasteiger partial charge in [0.05, 0.1) is 14.2 Å². The zero-order valence-corrected chi connectivity index (χ0v) is 22.6. The van der Waals surface area contributed by atoms with Crippen molar-refractivity contribution in [2.75, 3.05) is 24.9 Å². The number of carbonyl (C=O) groups is 2. The third-order valence-electron chi connectivity index (χ3n) is 5.84. The van der Waals surface area contributed by atoms with Gasteiger partial charge in [0.1, 0.15) is 5.25 Å². The first kappa shape index (κ1) is 26.8. The number of hydrogen-bond donors (Lipinski definition) is 2. The Kier molecular flexibility index (Phi) is 8.71. The number of benzene rings is 4. The van der Waals surface area contributed by atoms with Crippen molar-refractivity contribution in [2.45, 2.75) is 24.0 Å². The van der Waals surface area contributed by atoms with Gasteiger partial charge in [0.25, 0.3) is 5.91 Å². The molecule has 7 heteroatoms. The molecule has 0 aliphatic carbocycles. The van der Waals surface area contributed by atoms with Crippen molar-refractivity contribution in [3.63, 3.8) is 0 Å². The van der Waals surface area contributed by atoms with E-state index in [2.05, 4.69) is 16.7 Å². The normalized spacial score (nSPS) is 11.4. The molecule has 38 heavy (non-hydrogen) atoms. The summed E-state index contributed by atoms with van der Waals surface area (Å²) in [6.07, 6.45) is 0. The zero-order chi connectivity index (χ0) is 27.1. The lowest BCUT2D eigenvalue weighted by atomic mass is 10.1. The molecule has 0 aromatic heterocycles. The highest BCUT2D eigenvalue weighted by Gasteiger charge is 2.22. The molecule has 6 nitrogen and oxygen atoms in total. The maximum absolute atomic E-state index is 13.4. The molecule has 0 aliphatic rings. The van der Waals surface area contributed by atoms with Crippen molar-refractivity contribution < 1.29 is 19.1 Å². The summed E-state index contributed by atoms with van der Waals surface area (Å²) >= 11 is 1.46. The first-order chi connectivity index (χ1) is 18.4. The highest BCUT2D eigenvalue weighted by molar-refractivity contribution is 8.00. The van der Waals surface area contributed by atoms with Gasteiger partial charge in [0, 0.05) is 21.8 Å². The molecule has 0 fully saturated rings. The van der Waals surface area contributed by atoms with E-state index in [4.69, 9.17) is 9.47 Å². The lowest BCUT2D eigenvalue weighted by molar-refractivity contribution is -0.115. The molecule has 4 aromatic rings. The van der Waals surface area contributed by atoms with Crippen LogP contribution in [0.15, 0.2) is 95.9 Å². The number of anilines is 2. The maximum atomic E-state index is 13.4. The minimum atomic E-state index is -0.454. The molecule has 1 atom stereocenters. The smallest absolute Gasteiger partial charge is 0.255 e. The van der Waals surface area contributed by atoms with Crippen molar-refractivity contribution in [2.24, 2.45) is 0 Å². The largest absolute Gasteiger partial charge is 0.493 e. The summed E-state index contributed by atoms with van der Waals surface area (Å²) in [5, 5.41) is 5.53. The van der Waals surface area contributed by atoms with Crippen molar-refractivity contribution >= 4 is 35.0 Å². The Morgan fingerprint density at radius 1 is 0.711 bits per heavy atom. The third-order valence-corrected chi connectivity index (χ3v) is 7.11. The lowest BCUT2D eigenvalue weighted by Gasteiger charge is -2.18. The number of carbonyl (C=O) groups excluding carboxylic acids is 2. The summed E-state index contributed by atoms with van der Waals surface area (Å²) in [6.45, 7) is 4.02.